The third kappa shape index (κ3) is 4.51. The van der Waals surface area contributed by atoms with Gasteiger partial charge in [-0.1, -0.05) is 32.3 Å². The number of hydrogen-bond donors (Lipinski definition) is 0. The molecule has 2 aromatic carbocycles. The van der Waals surface area contributed by atoms with Crippen molar-refractivity contribution in [2.45, 2.75) is 20.3 Å². The molecule has 0 spiro atoms. The van der Waals surface area contributed by atoms with E-state index in [1.807, 2.05) is 0 Å². The Bertz CT molecular complexity index is 407. The molecule has 2 rings (SSSR count). The van der Waals surface area contributed by atoms with Crippen molar-refractivity contribution in [3.63, 3.8) is 0 Å². The van der Waals surface area contributed by atoms with Crippen LogP contribution in [0.3, 0.4) is 0 Å². The van der Waals surface area contributed by atoms with Crippen LogP contribution in [0.25, 0.3) is 10.8 Å². The molecule has 0 amide bonds. The van der Waals surface area contributed by atoms with E-state index in [2.05, 4.69) is 50.2 Å². The van der Waals surface area contributed by atoms with E-state index in [9.17, 15) is 0 Å². The molecule has 0 aromatic heterocycles. The zero-order valence-electron chi connectivity index (χ0n) is 9.57. The Kier molecular flexibility index (Phi) is 10.4. The molecule has 2 aromatic rings. The number of rotatable bonds is 2. The SMILES string of the molecule is Br.Br.CC(C)C[c-]1ccc2ccccc21.[Zr]. The summed E-state index contributed by atoms with van der Waals surface area (Å²) in [6.45, 7) is 4.53. The first-order chi connectivity index (χ1) is 6.27. The third-order valence-corrected chi connectivity index (χ3v) is 2.40. The summed E-state index contributed by atoms with van der Waals surface area (Å²) < 4.78 is 0. The van der Waals surface area contributed by atoms with Gasteiger partial charge in [0.25, 0.3) is 0 Å². The smallest absolute Gasteiger partial charge is 0 e. The van der Waals surface area contributed by atoms with Gasteiger partial charge in [0, 0.05) is 26.2 Å². The van der Waals surface area contributed by atoms with Crippen molar-refractivity contribution in [2.75, 3.05) is 0 Å². The fourth-order valence-electron chi connectivity index (χ4n) is 1.83. The van der Waals surface area contributed by atoms with Crippen LogP contribution >= 0.6 is 34.0 Å². The first-order valence-electron chi connectivity index (χ1n) is 4.90. The molecule has 88 valence electrons. The fraction of sp³-hybridized carbons (Fsp3) is 0.308. The van der Waals surface area contributed by atoms with Crippen LogP contribution in [0.2, 0.25) is 0 Å². The van der Waals surface area contributed by atoms with Crippen molar-refractivity contribution < 1.29 is 26.2 Å². The number of benzene rings is 1. The van der Waals surface area contributed by atoms with Crippen molar-refractivity contribution >= 4 is 44.7 Å². The Morgan fingerprint density at radius 1 is 1.06 bits per heavy atom. The normalized spacial score (nSPS) is 9.19. The summed E-state index contributed by atoms with van der Waals surface area (Å²) in [6, 6.07) is 13.1. The van der Waals surface area contributed by atoms with Gasteiger partial charge in [-0.15, -0.1) is 74.6 Å². The molecule has 0 heterocycles. The van der Waals surface area contributed by atoms with E-state index in [1.165, 1.54) is 22.8 Å². The molecule has 0 atom stereocenters. The first kappa shape index (κ1) is 19.0. The van der Waals surface area contributed by atoms with Crippen LogP contribution in [0.5, 0.6) is 0 Å². The van der Waals surface area contributed by atoms with Crippen molar-refractivity contribution in [3.8, 4) is 0 Å². The van der Waals surface area contributed by atoms with Gasteiger partial charge in [-0.3, -0.25) is 0 Å². The summed E-state index contributed by atoms with van der Waals surface area (Å²) in [5.74, 6) is 0.741. The molecule has 0 radical (unpaired) electrons. The van der Waals surface area contributed by atoms with Gasteiger partial charge in [0.05, 0.1) is 0 Å². The molecule has 0 saturated carbocycles. The largest absolute Gasteiger partial charge is 0.168 e. The van der Waals surface area contributed by atoms with Gasteiger partial charge >= 0.3 is 0 Å². The van der Waals surface area contributed by atoms with Crippen molar-refractivity contribution in [2.24, 2.45) is 5.92 Å². The third-order valence-electron chi connectivity index (χ3n) is 2.40. The van der Waals surface area contributed by atoms with E-state index < -0.39 is 0 Å². The second kappa shape index (κ2) is 8.72. The Labute approximate surface area is 138 Å². The summed E-state index contributed by atoms with van der Waals surface area (Å²) in [5.41, 5.74) is 1.49. The predicted molar refractivity (Wildman–Crippen MR) is 78.7 cm³/mol. The fourth-order valence-corrected chi connectivity index (χ4v) is 1.83. The van der Waals surface area contributed by atoms with Gasteiger partial charge < -0.3 is 0 Å². The van der Waals surface area contributed by atoms with Gasteiger partial charge in [-0.05, 0) is 0 Å². The summed E-state index contributed by atoms with van der Waals surface area (Å²) >= 11 is 0. The molecule has 0 N–H and O–H groups in total. The number of hydrogen-bond acceptors (Lipinski definition) is 0. The molecule has 0 aliphatic heterocycles. The molecule has 0 aliphatic carbocycles. The average Bonchev–Trinajstić information content (AvgIpc) is 2.48. The van der Waals surface area contributed by atoms with Gasteiger partial charge in [0.1, 0.15) is 0 Å². The minimum atomic E-state index is 0. The van der Waals surface area contributed by atoms with E-state index in [4.69, 9.17) is 0 Å². The maximum absolute atomic E-state index is 2.27. The molecular weight excluding hydrogens is 407 g/mol. The average molecular weight is 424 g/mol. The van der Waals surface area contributed by atoms with E-state index in [1.54, 1.807) is 0 Å². The molecule has 0 fully saturated rings. The zero-order valence-corrected chi connectivity index (χ0v) is 15.4. The van der Waals surface area contributed by atoms with Gasteiger partial charge in [0.15, 0.2) is 0 Å². The van der Waals surface area contributed by atoms with Crippen molar-refractivity contribution in [1.29, 1.82) is 0 Å². The molecule has 0 aliphatic rings. The van der Waals surface area contributed by atoms with Crippen LogP contribution in [-0.2, 0) is 32.6 Å². The van der Waals surface area contributed by atoms with E-state index >= 15 is 0 Å². The minimum Gasteiger partial charge on any atom is -0.168 e. The monoisotopic (exact) mass is 421 g/mol. The Hall–Kier alpha value is 0.673. The Morgan fingerprint density at radius 3 is 2.31 bits per heavy atom. The Morgan fingerprint density at radius 2 is 1.69 bits per heavy atom. The van der Waals surface area contributed by atoms with Crippen molar-refractivity contribution in [1.82, 2.24) is 0 Å². The molecule has 0 saturated heterocycles. The van der Waals surface area contributed by atoms with Crippen LogP contribution in [0, 0.1) is 5.92 Å². The predicted octanol–water partition coefficient (Wildman–Crippen LogP) is 4.91. The minimum absolute atomic E-state index is 0. The van der Waals surface area contributed by atoms with Crippen LogP contribution < -0.4 is 0 Å². The maximum Gasteiger partial charge on any atom is 0 e. The van der Waals surface area contributed by atoms with Crippen LogP contribution in [0.15, 0.2) is 36.4 Å². The van der Waals surface area contributed by atoms with Gasteiger partial charge in [-0.25, -0.2) is 0 Å². The van der Waals surface area contributed by atoms with Crippen LogP contribution in [0.4, 0.5) is 0 Å². The molecule has 0 bridgehead atoms. The Balaban J connectivity index is 0. The van der Waals surface area contributed by atoms with E-state index in [0.717, 1.165) is 5.92 Å². The van der Waals surface area contributed by atoms with Crippen LogP contribution in [0.1, 0.15) is 19.4 Å². The molecule has 0 nitrogen and oxygen atoms in total. The first-order valence-corrected chi connectivity index (χ1v) is 4.90. The standard InChI is InChI=1S/C13H15.2BrH.Zr/c1-10(2)9-12-8-7-11-5-3-4-6-13(11)12;;;/h3-8,10H,9H2,1-2H3;2*1H;/q-1;;;. The maximum atomic E-state index is 2.27. The molecular formula is C13H17Br2Zr-. The second-order valence-corrected chi connectivity index (χ2v) is 4.04. The quantitative estimate of drug-likeness (QED) is 0.601. The number of halogens is 2. The van der Waals surface area contributed by atoms with Gasteiger partial charge in [0.2, 0.25) is 0 Å². The van der Waals surface area contributed by atoms with E-state index in [-0.39, 0.29) is 60.2 Å². The zero-order chi connectivity index (χ0) is 9.26. The molecule has 16 heavy (non-hydrogen) atoms. The summed E-state index contributed by atoms with van der Waals surface area (Å²) in [7, 11) is 0. The summed E-state index contributed by atoms with van der Waals surface area (Å²) in [4.78, 5) is 0. The van der Waals surface area contributed by atoms with Gasteiger partial charge in [-0.2, -0.15) is 6.07 Å². The van der Waals surface area contributed by atoms with Crippen molar-refractivity contribution in [3.05, 3.63) is 42.0 Å². The number of fused-ring (bicyclic) bond motifs is 1. The van der Waals surface area contributed by atoms with E-state index in [0.29, 0.717) is 0 Å². The second-order valence-electron chi connectivity index (χ2n) is 4.04. The summed E-state index contributed by atoms with van der Waals surface area (Å²) in [6.07, 6.45) is 1.19. The molecule has 0 unspecified atom stereocenters. The molecule has 3 heteroatoms. The van der Waals surface area contributed by atoms with Crippen LogP contribution in [-0.4, -0.2) is 0 Å². The summed E-state index contributed by atoms with van der Waals surface area (Å²) in [5, 5.41) is 2.80. The topological polar surface area (TPSA) is 0 Å².